The predicted octanol–water partition coefficient (Wildman–Crippen LogP) is 0.836. The number of nitrogens with two attached hydrogens (primary N) is 1. The number of ether oxygens (including phenoxy) is 2. The van der Waals surface area contributed by atoms with Gasteiger partial charge in [-0.3, -0.25) is 4.79 Å². The quantitative estimate of drug-likeness (QED) is 0.672. The van der Waals surface area contributed by atoms with Gasteiger partial charge >= 0.3 is 5.97 Å². The van der Waals surface area contributed by atoms with E-state index in [9.17, 15) is 4.79 Å². The zero-order valence-corrected chi connectivity index (χ0v) is 9.13. The molecule has 0 bridgehead atoms. The predicted molar refractivity (Wildman–Crippen MR) is 52.8 cm³/mol. The van der Waals surface area contributed by atoms with E-state index < -0.39 is 11.1 Å². The van der Waals surface area contributed by atoms with E-state index in [4.69, 9.17) is 15.2 Å². The third-order valence-electron chi connectivity index (χ3n) is 2.05. The van der Waals surface area contributed by atoms with Crippen LogP contribution in [0.25, 0.3) is 0 Å². The molecule has 1 rings (SSSR count). The Hall–Kier alpha value is -0.610. The molecule has 82 valence electrons. The van der Waals surface area contributed by atoms with Crippen molar-refractivity contribution in [2.45, 2.75) is 44.8 Å². The molecule has 0 aliphatic carbocycles. The van der Waals surface area contributed by atoms with E-state index in [0.29, 0.717) is 13.2 Å². The average Bonchev–Trinajstić information content (AvgIpc) is 2.30. The summed E-state index contributed by atoms with van der Waals surface area (Å²) < 4.78 is 10.3. The monoisotopic (exact) mass is 201 g/mol. The van der Waals surface area contributed by atoms with Crippen molar-refractivity contribution in [2.75, 3.05) is 13.2 Å². The second-order valence-electron chi connectivity index (χ2n) is 4.93. The zero-order valence-electron chi connectivity index (χ0n) is 9.13. The maximum atomic E-state index is 11.5. The third-order valence-corrected chi connectivity index (χ3v) is 2.05. The van der Waals surface area contributed by atoms with Crippen LogP contribution in [0.3, 0.4) is 0 Å². The Labute approximate surface area is 84.7 Å². The summed E-state index contributed by atoms with van der Waals surface area (Å²) in [5, 5.41) is 0. The van der Waals surface area contributed by atoms with E-state index in [1.807, 2.05) is 20.8 Å². The minimum Gasteiger partial charge on any atom is -0.460 e. The minimum absolute atomic E-state index is 0.240. The Balaban J connectivity index is 2.40. The number of carbonyl (C=O) groups excluding carboxylic acids is 1. The molecule has 1 heterocycles. The summed E-state index contributed by atoms with van der Waals surface area (Å²) in [6, 6.07) is 0. The fraction of sp³-hybridized carbons (Fsp3) is 0.900. The first kappa shape index (κ1) is 11.5. The fourth-order valence-corrected chi connectivity index (χ4v) is 1.43. The van der Waals surface area contributed by atoms with Crippen molar-refractivity contribution in [2.24, 2.45) is 5.73 Å². The van der Waals surface area contributed by atoms with Gasteiger partial charge in [0.2, 0.25) is 0 Å². The van der Waals surface area contributed by atoms with Crippen molar-refractivity contribution < 1.29 is 14.3 Å². The lowest BCUT2D eigenvalue weighted by atomic mass is 9.96. The normalized spacial score (nSPS) is 27.7. The molecule has 1 saturated heterocycles. The molecule has 0 aromatic heterocycles. The van der Waals surface area contributed by atoms with Gasteiger partial charge in [-0.05, 0) is 27.2 Å². The Morgan fingerprint density at radius 1 is 1.57 bits per heavy atom. The van der Waals surface area contributed by atoms with Crippen LogP contribution < -0.4 is 5.73 Å². The van der Waals surface area contributed by atoms with Crippen molar-refractivity contribution in [3.05, 3.63) is 0 Å². The third kappa shape index (κ3) is 3.64. The highest BCUT2D eigenvalue weighted by Crippen LogP contribution is 2.21. The largest absolute Gasteiger partial charge is 0.460 e. The molecule has 1 aliphatic rings. The van der Waals surface area contributed by atoms with Gasteiger partial charge in [0, 0.05) is 6.61 Å². The Morgan fingerprint density at radius 2 is 2.21 bits per heavy atom. The lowest BCUT2D eigenvalue weighted by molar-refractivity contribution is -0.156. The maximum absolute atomic E-state index is 11.5. The summed E-state index contributed by atoms with van der Waals surface area (Å²) in [5.74, 6) is -0.245. The van der Waals surface area contributed by atoms with Crippen molar-refractivity contribution in [3.63, 3.8) is 0 Å². The van der Waals surface area contributed by atoms with Gasteiger partial charge in [-0.2, -0.15) is 0 Å². The van der Waals surface area contributed by atoms with Crippen LogP contribution in [-0.4, -0.2) is 30.3 Å². The number of hydrogen-bond acceptors (Lipinski definition) is 4. The first-order valence-electron chi connectivity index (χ1n) is 4.89. The van der Waals surface area contributed by atoms with Crippen molar-refractivity contribution >= 4 is 5.97 Å². The summed E-state index contributed by atoms with van der Waals surface area (Å²) in [6.07, 6.45) is 0.969. The topological polar surface area (TPSA) is 61.5 Å². The fourth-order valence-electron chi connectivity index (χ4n) is 1.43. The van der Waals surface area contributed by atoms with Gasteiger partial charge in [-0.1, -0.05) is 0 Å². The summed E-state index contributed by atoms with van der Waals surface area (Å²) in [7, 11) is 0. The molecule has 0 aromatic carbocycles. The van der Waals surface area contributed by atoms with Gasteiger partial charge in [0.25, 0.3) is 0 Å². The van der Waals surface area contributed by atoms with E-state index in [0.717, 1.165) is 6.42 Å². The summed E-state index contributed by atoms with van der Waals surface area (Å²) in [6.45, 7) is 6.63. The highest BCUT2D eigenvalue weighted by atomic mass is 16.6. The van der Waals surface area contributed by atoms with Crippen LogP contribution in [0.4, 0.5) is 0 Å². The van der Waals surface area contributed by atoms with Crippen LogP contribution >= 0.6 is 0 Å². The van der Waals surface area contributed by atoms with Crippen LogP contribution in [-0.2, 0) is 14.3 Å². The molecule has 1 unspecified atom stereocenters. The molecular formula is C10H19NO3. The first-order chi connectivity index (χ1) is 6.31. The van der Waals surface area contributed by atoms with Crippen LogP contribution in [0.2, 0.25) is 0 Å². The SMILES string of the molecule is CC(C)(C)OC(=O)CC1(N)CCOC1. The smallest absolute Gasteiger partial charge is 0.308 e. The van der Waals surface area contributed by atoms with Crippen LogP contribution in [0.5, 0.6) is 0 Å². The molecule has 0 saturated carbocycles. The van der Waals surface area contributed by atoms with E-state index >= 15 is 0 Å². The number of rotatable bonds is 2. The summed E-state index contributed by atoms with van der Waals surface area (Å²) in [5.41, 5.74) is 5.00. The second-order valence-corrected chi connectivity index (χ2v) is 4.93. The molecule has 0 spiro atoms. The van der Waals surface area contributed by atoms with Gasteiger partial charge < -0.3 is 15.2 Å². The molecule has 14 heavy (non-hydrogen) atoms. The van der Waals surface area contributed by atoms with E-state index in [2.05, 4.69) is 0 Å². The standard InChI is InChI=1S/C10H19NO3/c1-9(2,3)14-8(12)6-10(11)4-5-13-7-10/h4-7,11H2,1-3H3. The van der Waals surface area contributed by atoms with Gasteiger partial charge in [0.15, 0.2) is 0 Å². The van der Waals surface area contributed by atoms with Gasteiger partial charge in [-0.15, -0.1) is 0 Å². The molecule has 1 aliphatic heterocycles. The summed E-state index contributed by atoms with van der Waals surface area (Å²) >= 11 is 0. The Kier molecular flexibility index (Phi) is 3.17. The molecule has 1 atom stereocenters. The van der Waals surface area contributed by atoms with Crippen LogP contribution in [0.15, 0.2) is 0 Å². The molecule has 0 aromatic rings. The molecule has 0 amide bonds. The maximum Gasteiger partial charge on any atom is 0.308 e. The number of esters is 1. The van der Waals surface area contributed by atoms with Gasteiger partial charge in [0.05, 0.1) is 18.6 Å². The van der Waals surface area contributed by atoms with Crippen LogP contribution in [0, 0.1) is 0 Å². The molecule has 1 fully saturated rings. The Morgan fingerprint density at radius 3 is 2.64 bits per heavy atom. The molecule has 0 radical (unpaired) electrons. The second kappa shape index (κ2) is 3.87. The van der Waals surface area contributed by atoms with Crippen LogP contribution in [0.1, 0.15) is 33.6 Å². The highest BCUT2D eigenvalue weighted by Gasteiger charge is 2.34. The molecule has 4 heteroatoms. The van der Waals surface area contributed by atoms with E-state index in [1.165, 1.54) is 0 Å². The average molecular weight is 201 g/mol. The van der Waals surface area contributed by atoms with E-state index in [1.54, 1.807) is 0 Å². The lowest BCUT2D eigenvalue weighted by Crippen LogP contribution is -2.43. The lowest BCUT2D eigenvalue weighted by Gasteiger charge is -2.24. The van der Waals surface area contributed by atoms with Crippen molar-refractivity contribution in [1.82, 2.24) is 0 Å². The van der Waals surface area contributed by atoms with E-state index in [-0.39, 0.29) is 12.4 Å². The summed E-state index contributed by atoms with van der Waals surface area (Å²) in [4.78, 5) is 11.5. The van der Waals surface area contributed by atoms with Gasteiger partial charge in [-0.25, -0.2) is 0 Å². The van der Waals surface area contributed by atoms with Gasteiger partial charge in [0.1, 0.15) is 5.60 Å². The highest BCUT2D eigenvalue weighted by molar-refractivity contribution is 5.71. The Bertz CT molecular complexity index is 214. The molecular weight excluding hydrogens is 182 g/mol. The molecule has 2 N–H and O–H groups in total. The number of hydrogen-bond donors (Lipinski definition) is 1. The zero-order chi connectivity index (χ0) is 10.8. The van der Waals surface area contributed by atoms with Crippen molar-refractivity contribution in [3.8, 4) is 0 Å². The van der Waals surface area contributed by atoms with Crippen molar-refractivity contribution in [1.29, 1.82) is 0 Å². The minimum atomic E-state index is -0.512. The molecule has 4 nitrogen and oxygen atoms in total. The number of carbonyl (C=O) groups is 1. The first-order valence-corrected chi connectivity index (χ1v) is 4.89.